The van der Waals surface area contributed by atoms with E-state index in [1.54, 1.807) is 43.5 Å². The third-order valence-corrected chi connectivity index (χ3v) is 5.79. The average Bonchev–Trinajstić information content (AvgIpc) is 2.82. The van der Waals surface area contributed by atoms with Crippen LogP contribution in [0.4, 0.5) is 10.2 Å². The van der Waals surface area contributed by atoms with Gasteiger partial charge < -0.3 is 20.1 Å². The second-order valence-electron chi connectivity index (χ2n) is 7.44. The standard InChI is InChI=1S/C24H22Cl2FN3O4/c1-13(21-17(25)8-9-18(27)22(21)26)34-19-10-16(11-29-23(19)28)14-4-6-15(7-5-14)24(32)30(2)12-20(31)33-3/h4-11,13H,12H2,1-3H3,(H2,28,29). The van der Waals surface area contributed by atoms with Gasteiger partial charge in [-0.1, -0.05) is 35.3 Å². The van der Waals surface area contributed by atoms with E-state index in [-0.39, 0.29) is 34.1 Å². The number of hydrogen-bond donors (Lipinski definition) is 1. The SMILES string of the molecule is COC(=O)CN(C)C(=O)c1ccc(-c2cnc(N)c(OC(C)c3c(Cl)ccc(F)c3Cl)c2)cc1. The molecule has 178 valence electrons. The van der Waals surface area contributed by atoms with Crippen LogP contribution >= 0.6 is 23.2 Å². The van der Waals surface area contributed by atoms with E-state index in [1.807, 2.05) is 0 Å². The van der Waals surface area contributed by atoms with Crippen LogP contribution in [0.3, 0.4) is 0 Å². The van der Waals surface area contributed by atoms with Crippen LogP contribution in [0.25, 0.3) is 11.1 Å². The van der Waals surface area contributed by atoms with Crippen LogP contribution in [-0.2, 0) is 9.53 Å². The number of likely N-dealkylation sites (N-methyl/N-ethyl adjacent to an activating group) is 1. The molecule has 1 aromatic heterocycles. The van der Waals surface area contributed by atoms with Gasteiger partial charge in [0.25, 0.3) is 5.91 Å². The summed E-state index contributed by atoms with van der Waals surface area (Å²) in [6, 6.07) is 11.0. The number of nitrogens with two attached hydrogens (primary N) is 1. The number of amides is 1. The molecule has 0 aliphatic rings. The van der Waals surface area contributed by atoms with Crippen LogP contribution in [-0.4, -0.2) is 42.5 Å². The maximum Gasteiger partial charge on any atom is 0.325 e. The molecular formula is C24H22Cl2FN3O4. The Kier molecular flexibility index (Phi) is 7.96. The van der Waals surface area contributed by atoms with Crippen LogP contribution in [0.2, 0.25) is 10.0 Å². The van der Waals surface area contributed by atoms with E-state index < -0.39 is 17.9 Å². The first kappa shape index (κ1) is 25.3. The summed E-state index contributed by atoms with van der Waals surface area (Å²) >= 11 is 12.3. The van der Waals surface area contributed by atoms with E-state index >= 15 is 0 Å². The van der Waals surface area contributed by atoms with E-state index in [0.717, 1.165) is 5.56 Å². The molecule has 2 N–H and O–H groups in total. The maximum absolute atomic E-state index is 13.9. The number of rotatable bonds is 7. The molecule has 0 saturated heterocycles. The lowest BCUT2D eigenvalue weighted by Crippen LogP contribution is -2.32. The number of ether oxygens (including phenoxy) is 2. The fourth-order valence-corrected chi connectivity index (χ4v) is 3.91. The third-order valence-electron chi connectivity index (χ3n) is 5.08. The van der Waals surface area contributed by atoms with Gasteiger partial charge in [-0.05, 0) is 42.8 Å². The van der Waals surface area contributed by atoms with Crippen molar-refractivity contribution in [3.63, 3.8) is 0 Å². The van der Waals surface area contributed by atoms with Gasteiger partial charge in [0.1, 0.15) is 18.5 Å². The predicted molar refractivity (Wildman–Crippen MR) is 129 cm³/mol. The molecule has 0 aliphatic carbocycles. The van der Waals surface area contributed by atoms with Crippen LogP contribution in [0.15, 0.2) is 48.7 Å². The van der Waals surface area contributed by atoms with Crippen LogP contribution in [0, 0.1) is 5.82 Å². The number of carbonyl (C=O) groups excluding carboxylic acids is 2. The Balaban J connectivity index is 1.82. The Morgan fingerprint density at radius 1 is 1.15 bits per heavy atom. The van der Waals surface area contributed by atoms with Gasteiger partial charge in [-0.3, -0.25) is 9.59 Å². The monoisotopic (exact) mass is 505 g/mol. The van der Waals surface area contributed by atoms with Gasteiger partial charge in [-0.15, -0.1) is 0 Å². The van der Waals surface area contributed by atoms with Gasteiger partial charge in [0.15, 0.2) is 11.6 Å². The molecule has 0 bridgehead atoms. The Hall–Kier alpha value is -3.36. The van der Waals surface area contributed by atoms with Crippen molar-refractivity contribution in [2.24, 2.45) is 0 Å². The fourth-order valence-electron chi connectivity index (χ4n) is 3.23. The highest BCUT2D eigenvalue weighted by Crippen LogP contribution is 2.37. The zero-order valence-corrected chi connectivity index (χ0v) is 20.2. The number of anilines is 1. The first-order valence-corrected chi connectivity index (χ1v) is 10.9. The van der Waals surface area contributed by atoms with E-state index in [1.165, 1.54) is 31.2 Å². The minimum atomic E-state index is -0.708. The van der Waals surface area contributed by atoms with Gasteiger partial charge in [0.05, 0.1) is 12.1 Å². The summed E-state index contributed by atoms with van der Waals surface area (Å²) in [6.45, 7) is 1.51. The molecule has 3 aromatic rings. The average molecular weight is 506 g/mol. The Bertz CT molecular complexity index is 1220. The summed E-state index contributed by atoms with van der Waals surface area (Å²) in [5.41, 5.74) is 8.11. The van der Waals surface area contributed by atoms with Crippen molar-refractivity contribution in [2.45, 2.75) is 13.0 Å². The number of hydrogen-bond acceptors (Lipinski definition) is 6. The van der Waals surface area contributed by atoms with Gasteiger partial charge in [-0.25, -0.2) is 9.37 Å². The van der Waals surface area contributed by atoms with Crippen LogP contribution < -0.4 is 10.5 Å². The van der Waals surface area contributed by atoms with E-state index in [9.17, 15) is 14.0 Å². The number of carbonyl (C=O) groups is 2. The van der Waals surface area contributed by atoms with Crippen molar-refractivity contribution < 1.29 is 23.5 Å². The molecule has 0 spiro atoms. The number of aromatic nitrogens is 1. The molecule has 1 unspecified atom stereocenters. The molecule has 3 rings (SSSR count). The number of halogens is 3. The first-order chi connectivity index (χ1) is 16.1. The minimum Gasteiger partial charge on any atom is -0.482 e. The van der Waals surface area contributed by atoms with Crippen molar-refractivity contribution in [3.05, 3.63) is 75.7 Å². The smallest absolute Gasteiger partial charge is 0.325 e. The highest BCUT2D eigenvalue weighted by atomic mass is 35.5. The van der Waals surface area contributed by atoms with Crippen molar-refractivity contribution in [2.75, 3.05) is 26.4 Å². The highest BCUT2D eigenvalue weighted by Gasteiger charge is 2.20. The number of nitrogens with zero attached hydrogens (tertiary/aromatic N) is 2. The molecule has 0 fully saturated rings. The first-order valence-electron chi connectivity index (χ1n) is 10.1. The van der Waals surface area contributed by atoms with E-state index in [2.05, 4.69) is 9.72 Å². The number of esters is 1. The summed E-state index contributed by atoms with van der Waals surface area (Å²) in [5.74, 6) is -1.05. The zero-order valence-electron chi connectivity index (χ0n) is 18.6. The number of benzene rings is 2. The topological polar surface area (TPSA) is 94.8 Å². The quantitative estimate of drug-likeness (QED) is 0.351. The van der Waals surface area contributed by atoms with E-state index in [4.69, 9.17) is 33.7 Å². The Morgan fingerprint density at radius 3 is 2.47 bits per heavy atom. The summed E-state index contributed by atoms with van der Waals surface area (Å²) in [5, 5.41) is 0.138. The largest absolute Gasteiger partial charge is 0.482 e. The van der Waals surface area contributed by atoms with Gasteiger partial charge in [-0.2, -0.15) is 0 Å². The van der Waals surface area contributed by atoms with Gasteiger partial charge in [0.2, 0.25) is 0 Å². The summed E-state index contributed by atoms with van der Waals surface area (Å²) in [7, 11) is 2.77. The lowest BCUT2D eigenvalue weighted by atomic mass is 10.0. The highest BCUT2D eigenvalue weighted by molar-refractivity contribution is 6.36. The molecule has 34 heavy (non-hydrogen) atoms. The number of pyridine rings is 1. The zero-order chi connectivity index (χ0) is 25.0. The van der Waals surface area contributed by atoms with E-state index in [0.29, 0.717) is 16.7 Å². The molecule has 10 heteroatoms. The molecular weight excluding hydrogens is 484 g/mol. The minimum absolute atomic E-state index is 0.125. The Labute approximate surface area is 206 Å². The summed E-state index contributed by atoms with van der Waals surface area (Å²) < 4.78 is 24.4. The second-order valence-corrected chi connectivity index (χ2v) is 8.22. The fraction of sp³-hybridized carbons (Fsp3) is 0.208. The van der Waals surface area contributed by atoms with Crippen molar-refractivity contribution >= 4 is 40.9 Å². The van der Waals surface area contributed by atoms with Crippen molar-refractivity contribution in [1.82, 2.24) is 9.88 Å². The molecule has 1 amide bonds. The second kappa shape index (κ2) is 10.7. The molecule has 0 saturated carbocycles. The molecule has 0 radical (unpaired) electrons. The number of nitrogen functional groups attached to an aromatic ring is 1. The summed E-state index contributed by atoms with van der Waals surface area (Å²) in [6.07, 6.45) is 0.857. The molecule has 7 nitrogen and oxygen atoms in total. The van der Waals surface area contributed by atoms with Gasteiger partial charge >= 0.3 is 5.97 Å². The van der Waals surface area contributed by atoms with Crippen LogP contribution in [0.1, 0.15) is 28.9 Å². The molecule has 0 aliphatic heterocycles. The maximum atomic E-state index is 13.9. The lowest BCUT2D eigenvalue weighted by molar-refractivity contribution is -0.141. The molecule has 2 aromatic carbocycles. The van der Waals surface area contributed by atoms with Gasteiger partial charge in [0, 0.05) is 35.0 Å². The lowest BCUT2D eigenvalue weighted by Gasteiger charge is -2.19. The van der Waals surface area contributed by atoms with Crippen LogP contribution in [0.5, 0.6) is 5.75 Å². The predicted octanol–water partition coefficient (Wildman–Crippen LogP) is 5.16. The van der Waals surface area contributed by atoms with Crippen molar-refractivity contribution in [1.29, 1.82) is 0 Å². The summed E-state index contributed by atoms with van der Waals surface area (Å²) in [4.78, 5) is 29.3. The normalized spacial score (nSPS) is 11.6. The number of methoxy groups -OCH3 is 1. The third kappa shape index (κ3) is 5.58. The molecule has 1 heterocycles. The Morgan fingerprint density at radius 2 is 1.82 bits per heavy atom. The molecule has 1 atom stereocenters. The van der Waals surface area contributed by atoms with Crippen molar-refractivity contribution in [3.8, 4) is 16.9 Å².